The Morgan fingerprint density at radius 1 is 1.07 bits per heavy atom. The summed E-state index contributed by atoms with van der Waals surface area (Å²) in [6, 6.07) is 0. The van der Waals surface area contributed by atoms with Gasteiger partial charge >= 0.3 is 0 Å². The fourth-order valence-corrected chi connectivity index (χ4v) is 3.19. The van der Waals surface area contributed by atoms with E-state index in [-0.39, 0.29) is 11.1 Å². The van der Waals surface area contributed by atoms with Crippen molar-refractivity contribution >= 4 is 0 Å². The molecule has 3 heteroatoms. The molecule has 14 heavy (non-hydrogen) atoms. The van der Waals surface area contributed by atoms with Crippen LogP contribution in [0.15, 0.2) is 0 Å². The Morgan fingerprint density at radius 3 is 1.79 bits per heavy atom. The fourth-order valence-electron chi connectivity index (χ4n) is 3.19. The van der Waals surface area contributed by atoms with Gasteiger partial charge in [0.15, 0.2) is 0 Å². The van der Waals surface area contributed by atoms with E-state index < -0.39 is 0 Å². The zero-order chi connectivity index (χ0) is 11.0. The topological polar surface area (TPSA) is 55.3 Å². The average Bonchev–Trinajstić information content (AvgIpc) is 2.35. The van der Waals surface area contributed by atoms with Gasteiger partial charge in [-0.15, -0.1) is 0 Å². The molecule has 1 heterocycles. The third kappa shape index (κ3) is 1.69. The zero-order valence-corrected chi connectivity index (χ0v) is 10.0. The number of hydrogen-bond acceptors (Lipinski definition) is 3. The molecule has 0 aromatic rings. The maximum Gasteiger partial charge on any atom is 0.0480 e. The lowest BCUT2D eigenvalue weighted by atomic mass is 9.85. The Kier molecular flexibility index (Phi) is 3.24. The maximum absolute atomic E-state index is 6.31. The van der Waals surface area contributed by atoms with Crippen LogP contribution < -0.4 is 11.5 Å². The van der Waals surface area contributed by atoms with Gasteiger partial charge in [-0.3, -0.25) is 0 Å². The van der Waals surface area contributed by atoms with Crippen molar-refractivity contribution in [2.75, 3.05) is 20.1 Å². The Labute approximate surface area is 87.8 Å². The zero-order valence-electron chi connectivity index (χ0n) is 10.0. The van der Waals surface area contributed by atoms with Gasteiger partial charge < -0.3 is 16.4 Å². The minimum absolute atomic E-state index is 0.110. The second kappa shape index (κ2) is 3.80. The van der Waals surface area contributed by atoms with E-state index in [4.69, 9.17) is 11.5 Å². The summed E-state index contributed by atoms with van der Waals surface area (Å²) in [5.74, 6) is 0.702. The van der Waals surface area contributed by atoms with Crippen molar-refractivity contribution in [1.29, 1.82) is 0 Å². The van der Waals surface area contributed by atoms with E-state index in [2.05, 4.69) is 18.9 Å². The van der Waals surface area contributed by atoms with Crippen molar-refractivity contribution in [2.24, 2.45) is 17.4 Å². The quantitative estimate of drug-likeness (QED) is 0.606. The molecule has 0 amide bonds. The molecule has 4 N–H and O–H groups in total. The van der Waals surface area contributed by atoms with Gasteiger partial charge in [-0.1, -0.05) is 20.8 Å². The highest BCUT2D eigenvalue weighted by molar-refractivity contribution is 5.19. The number of nitrogens with zero attached hydrogens (tertiary/aromatic N) is 1. The van der Waals surface area contributed by atoms with Crippen molar-refractivity contribution in [2.45, 2.75) is 44.7 Å². The third-order valence-electron chi connectivity index (χ3n) is 3.52. The molecule has 2 fully saturated rings. The van der Waals surface area contributed by atoms with Crippen LogP contribution in [0.5, 0.6) is 0 Å². The van der Waals surface area contributed by atoms with Crippen LogP contribution in [0.1, 0.15) is 33.6 Å². The van der Waals surface area contributed by atoms with Crippen molar-refractivity contribution in [3.05, 3.63) is 0 Å². The van der Waals surface area contributed by atoms with Crippen LogP contribution in [0, 0.1) is 5.92 Å². The first kappa shape index (κ1) is 12.0. The fraction of sp³-hybridized carbons (Fsp3) is 1.00. The molecule has 1 aliphatic carbocycles. The molecule has 0 aromatic carbocycles. The number of likely N-dealkylation sites (N-methyl/N-ethyl adjacent to an activating group) is 1. The summed E-state index contributed by atoms with van der Waals surface area (Å²) < 4.78 is 0. The van der Waals surface area contributed by atoms with E-state index in [1.54, 1.807) is 0 Å². The van der Waals surface area contributed by atoms with E-state index >= 15 is 0 Å². The monoisotopic (exact) mass is 199 g/mol. The van der Waals surface area contributed by atoms with Crippen LogP contribution in [0.4, 0.5) is 0 Å². The lowest BCUT2D eigenvalue weighted by molar-refractivity contribution is 0.338. The Morgan fingerprint density at radius 2 is 1.43 bits per heavy atom. The van der Waals surface area contributed by atoms with E-state index in [0.717, 1.165) is 25.9 Å². The molecule has 3 atom stereocenters. The third-order valence-corrected chi connectivity index (χ3v) is 3.52. The van der Waals surface area contributed by atoms with Gasteiger partial charge in [0.05, 0.1) is 0 Å². The van der Waals surface area contributed by atoms with Crippen molar-refractivity contribution < 1.29 is 0 Å². The highest BCUT2D eigenvalue weighted by Gasteiger charge is 2.57. The summed E-state index contributed by atoms with van der Waals surface area (Å²) in [6.45, 7) is 8.18. The van der Waals surface area contributed by atoms with Crippen LogP contribution in [-0.2, 0) is 0 Å². The van der Waals surface area contributed by atoms with Crippen LogP contribution >= 0.6 is 0 Å². The van der Waals surface area contributed by atoms with E-state index in [1.807, 2.05) is 13.8 Å². The molecule has 0 radical (unpaired) electrons. The first-order chi connectivity index (χ1) is 6.45. The number of nitrogens with two attached hydrogens (primary N) is 2. The van der Waals surface area contributed by atoms with Gasteiger partial charge in [-0.05, 0) is 25.8 Å². The van der Waals surface area contributed by atoms with Crippen LogP contribution in [0.3, 0.4) is 0 Å². The molecule has 1 saturated carbocycles. The molecule has 2 aliphatic rings. The van der Waals surface area contributed by atoms with Gasteiger partial charge in [0.2, 0.25) is 0 Å². The maximum atomic E-state index is 6.31. The lowest BCUT2D eigenvalue weighted by Gasteiger charge is -2.32. The van der Waals surface area contributed by atoms with Gasteiger partial charge in [-0.25, -0.2) is 0 Å². The molecule has 1 unspecified atom stereocenters. The number of hydrogen-bond donors (Lipinski definition) is 2. The summed E-state index contributed by atoms with van der Waals surface area (Å²) in [7, 11) is 2.10. The molecule has 1 saturated heterocycles. The molecular formula is C11H25N3. The molecule has 84 valence electrons. The first-order valence-electron chi connectivity index (χ1n) is 5.72. The molecule has 3 nitrogen and oxygen atoms in total. The Hall–Kier alpha value is -0.120. The molecule has 0 aromatic heterocycles. The van der Waals surface area contributed by atoms with Crippen molar-refractivity contribution in [3.63, 3.8) is 0 Å². The van der Waals surface area contributed by atoms with Gasteiger partial charge in [0.25, 0.3) is 0 Å². The summed E-state index contributed by atoms with van der Waals surface area (Å²) in [5.41, 5.74) is 12.4. The van der Waals surface area contributed by atoms with Gasteiger partial charge in [0.1, 0.15) is 0 Å². The molecule has 0 spiro atoms. The van der Waals surface area contributed by atoms with Gasteiger partial charge in [0, 0.05) is 24.2 Å². The Bertz CT molecular complexity index is 169. The largest absolute Gasteiger partial charge is 0.322 e. The van der Waals surface area contributed by atoms with Crippen LogP contribution in [0.25, 0.3) is 0 Å². The minimum Gasteiger partial charge on any atom is -0.322 e. The van der Waals surface area contributed by atoms with Crippen molar-refractivity contribution in [1.82, 2.24) is 4.90 Å². The second-order valence-corrected chi connectivity index (χ2v) is 5.00. The lowest BCUT2D eigenvalue weighted by Crippen LogP contribution is -2.61. The van der Waals surface area contributed by atoms with Crippen LogP contribution in [0.2, 0.25) is 0 Å². The minimum atomic E-state index is -0.110. The normalized spacial score (nSPS) is 47.1. The standard InChI is InChI=1S/C9H19N3.C2H6/c1-7-3-8(10)5-12(2)6-9(8,11)4-7;1-2/h7H,3-6,10-11H2,1-2H3;1-2H3/t7?,8-,9+;. The summed E-state index contributed by atoms with van der Waals surface area (Å²) in [6.07, 6.45) is 2.18. The number of fused-ring (bicyclic) bond motifs is 1. The predicted octanol–water partition coefficient (Wildman–Crippen LogP) is 0.783. The summed E-state index contributed by atoms with van der Waals surface area (Å²) in [5, 5.41) is 0. The molecule has 2 rings (SSSR count). The first-order valence-corrected chi connectivity index (χ1v) is 5.72. The van der Waals surface area contributed by atoms with E-state index in [9.17, 15) is 0 Å². The average molecular weight is 199 g/mol. The van der Waals surface area contributed by atoms with Crippen molar-refractivity contribution in [3.8, 4) is 0 Å². The van der Waals surface area contributed by atoms with Crippen LogP contribution in [-0.4, -0.2) is 36.1 Å². The SMILES string of the molecule is CC.CC1C[C@@]2(N)CN(C)C[C@@]2(N)C1. The Balaban J connectivity index is 0.000000461. The highest BCUT2D eigenvalue weighted by atomic mass is 15.2. The van der Waals surface area contributed by atoms with E-state index in [0.29, 0.717) is 5.92 Å². The summed E-state index contributed by atoms with van der Waals surface area (Å²) in [4.78, 5) is 2.26. The summed E-state index contributed by atoms with van der Waals surface area (Å²) >= 11 is 0. The molecule has 1 aliphatic heterocycles. The molecule has 0 bridgehead atoms. The highest BCUT2D eigenvalue weighted by Crippen LogP contribution is 2.43. The number of rotatable bonds is 0. The second-order valence-electron chi connectivity index (χ2n) is 5.00. The van der Waals surface area contributed by atoms with E-state index in [1.165, 1.54) is 0 Å². The smallest absolute Gasteiger partial charge is 0.0480 e. The van der Waals surface area contributed by atoms with Gasteiger partial charge in [-0.2, -0.15) is 0 Å². The predicted molar refractivity (Wildman–Crippen MR) is 61.1 cm³/mol. The number of likely N-dealkylation sites (tertiary alicyclic amines) is 1. The molecular weight excluding hydrogens is 174 g/mol.